The Hall–Kier alpha value is -2.58. The van der Waals surface area contributed by atoms with E-state index in [2.05, 4.69) is 0 Å². The maximum atomic E-state index is 12.5. The highest BCUT2D eigenvalue weighted by Crippen LogP contribution is 2.26. The lowest BCUT2D eigenvalue weighted by atomic mass is 10.1. The minimum Gasteiger partial charge on any atom is -0.462 e. The molecule has 0 aliphatic carbocycles. The van der Waals surface area contributed by atoms with Crippen LogP contribution in [0.3, 0.4) is 0 Å². The fourth-order valence-corrected chi connectivity index (χ4v) is 3.54. The second-order valence-corrected chi connectivity index (χ2v) is 7.08. The second-order valence-electron chi connectivity index (χ2n) is 5.15. The first kappa shape index (κ1) is 20.7. The number of carbonyl (C=O) groups excluding carboxylic acids is 2. The van der Waals surface area contributed by atoms with Gasteiger partial charge in [-0.25, -0.2) is 9.59 Å². The number of hydrogen-bond donors (Lipinski definition) is 0. The molecule has 0 N–H and O–H groups in total. The summed E-state index contributed by atoms with van der Waals surface area (Å²) < 4.78 is 39.9. The topological polar surface area (TPSA) is 96.0 Å². The summed E-state index contributed by atoms with van der Waals surface area (Å²) in [4.78, 5) is 23.8. The SMILES string of the molecule is CCOC(=O)c1cc(OS(=O)(=O)c2ccccc2Cl)cc(C(=O)OCC)c1. The number of rotatable bonds is 7. The van der Waals surface area contributed by atoms with Crippen molar-refractivity contribution >= 4 is 33.7 Å². The first-order valence-electron chi connectivity index (χ1n) is 7.96. The lowest BCUT2D eigenvalue weighted by molar-refractivity contribution is 0.0524. The van der Waals surface area contributed by atoms with Gasteiger partial charge in [0.1, 0.15) is 10.6 Å². The Morgan fingerprint density at radius 2 is 1.44 bits per heavy atom. The van der Waals surface area contributed by atoms with Gasteiger partial charge in [0.15, 0.2) is 0 Å². The molecule has 9 heteroatoms. The lowest BCUT2D eigenvalue weighted by Gasteiger charge is -2.11. The lowest BCUT2D eigenvalue weighted by Crippen LogP contribution is -2.13. The molecule has 2 aromatic rings. The average Bonchev–Trinajstić information content (AvgIpc) is 2.61. The molecule has 0 atom stereocenters. The van der Waals surface area contributed by atoms with Crippen molar-refractivity contribution in [2.45, 2.75) is 18.7 Å². The van der Waals surface area contributed by atoms with Gasteiger partial charge in [-0.1, -0.05) is 23.7 Å². The van der Waals surface area contributed by atoms with Crippen LogP contribution in [0.1, 0.15) is 34.6 Å². The van der Waals surface area contributed by atoms with Gasteiger partial charge in [-0.3, -0.25) is 0 Å². The zero-order valence-corrected chi connectivity index (χ0v) is 16.2. The van der Waals surface area contributed by atoms with Gasteiger partial charge < -0.3 is 13.7 Å². The van der Waals surface area contributed by atoms with E-state index >= 15 is 0 Å². The predicted octanol–water partition coefficient (Wildman–Crippen LogP) is 3.46. The highest BCUT2D eigenvalue weighted by Gasteiger charge is 2.22. The molecule has 0 radical (unpaired) electrons. The predicted molar refractivity (Wildman–Crippen MR) is 97.6 cm³/mol. The number of benzene rings is 2. The van der Waals surface area contributed by atoms with Crippen molar-refractivity contribution in [3.63, 3.8) is 0 Å². The molecule has 0 aliphatic rings. The van der Waals surface area contributed by atoms with Crippen molar-refractivity contribution < 1.29 is 31.7 Å². The standard InChI is InChI=1S/C18H17ClO7S/c1-3-24-17(20)12-9-13(18(21)25-4-2)11-14(10-12)26-27(22,23)16-8-6-5-7-15(16)19/h5-11H,3-4H2,1-2H3. The van der Waals surface area contributed by atoms with Crippen LogP contribution >= 0.6 is 11.6 Å². The highest BCUT2D eigenvalue weighted by molar-refractivity contribution is 7.87. The molecule has 0 heterocycles. The van der Waals surface area contributed by atoms with Gasteiger partial charge in [0.2, 0.25) is 0 Å². The molecule has 0 saturated heterocycles. The third-order valence-electron chi connectivity index (χ3n) is 3.24. The summed E-state index contributed by atoms with van der Waals surface area (Å²) in [6, 6.07) is 9.30. The Bertz CT molecular complexity index is 918. The van der Waals surface area contributed by atoms with Gasteiger partial charge in [-0.05, 0) is 44.2 Å². The number of ether oxygens (including phenoxy) is 2. The van der Waals surface area contributed by atoms with Crippen LogP contribution in [0.2, 0.25) is 5.02 Å². The van der Waals surface area contributed by atoms with Crippen LogP contribution in [0.5, 0.6) is 5.75 Å². The molecule has 0 unspecified atom stereocenters. The van der Waals surface area contributed by atoms with Gasteiger partial charge in [-0.15, -0.1) is 0 Å². The molecule has 7 nitrogen and oxygen atoms in total. The van der Waals surface area contributed by atoms with E-state index in [9.17, 15) is 18.0 Å². The summed E-state index contributed by atoms with van der Waals surface area (Å²) in [5.74, 6) is -1.71. The zero-order valence-electron chi connectivity index (χ0n) is 14.6. The number of halogens is 1. The van der Waals surface area contributed by atoms with E-state index in [1.54, 1.807) is 19.9 Å². The smallest absolute Gasteiger partial charge is 0.340 e. The molecular weight excluding hydrogens is 396 g/mol. The van der Waals surface area contributed by atoms with Gasteiger partial charge in [0.05, 0.1) is 29.4 Å². The van der Waals surface area contributed by atoms with E-state index in [1.807, 2.05) is 0 Å². The highest BCUT2D eigenvalue weighted by atomic mass is 35.5. The molecule has 144 valence electrons. The van der Waals surface area contributed by atoms with Crippen LogP contribution in [0.15, 0.2) is 47.4 Å². The summed E-state index contributed by atoms with van der Waals surface area (Å²) in [5.41, 5.74) is -0.0986. The Morgan fingerprint density at radius 1 is 0.926 bits per heavy atom. The number of esters is 2. The Balaban J connectivity index is 2.47. The summed E-state index contributed by atoms with van der Waals surface area (Å²) in [5, 5.41) is -0.0235. The van der Waals surface area contributed by atoms with Gasteiger partial charge >= 0.3 is 22.1 Å². The minimum atomic E-state index is -4.29. The number of hydrogen-bond acceptors (Lipinski definition) is 7. The van der Waals surface area contributed by atoms with Crippen LogP contribution < -0.4 is 4.18 Å². The number of carbonyl (C=O) groups is 2. The van der Waals surface area contributed by atoms with E-state index in [4.69, 9.17) is 25.3 Å². The molecule has 2 aromatic carbocycles. The van der Waals surface area contributed by atoms with Crippen molar-refractivity contribution in [3.05, 3.63) is 58.6 Å². The van der Waals surface area contributed by atoms with Crippen LogP contribution in [0, 0.1) is 0 Å². The quantitative estimate of drug-likeness (QED) is 0.507. The molecule has 0 amide bonds. The minimum absolute atomic E-state index is 0.0235. The van der Waals surface area contributed by atoms with Crippen molar-refractivity contribution in [1.29, 1.82) is 0 Å². The largest absolute Gasteiger partial charge is 0.462 e. The van der Waals surface area contributed by atoms with E-state index in [1.165, 1.54) is 24.3 Å². The normalized spacial score (nSPS) is 10.9. The molecule has 27 heavy (non-hydrogen) atoms. The Morgan fingerprint density at radius 3 is 1.93 bits per heavy atom. The molecular formula is C18H17ClO7S. The maximum Gasteiger partial charge on any atom is 0.340 e. The maximum absolute atomic E-state index is 12.5. The van der Waals surface area contributed by atoms with Crippen LogP contribution in [0.25, 0.3) is 0 Å². The summed E-state index contributed by atoms with van der Waals surface area (Å²) >= 11 is 5.91. The van der Waals surface area contributed by atoms with Gasteiger partial charge in [-0.2, -0.15) is 8.42 Å². The molecule has 0 aliphatic heterocycles. The summed E-state index contributed by atoms with van der Waals surface area (Å²) in [6.45, 7) is 3.45. The summed E-state index contributed by atoms with van der Waals surface area (Å²) in [7, 11) is -4.29. The van der Waals surface area contributed by atoms with Crippen molar-refractivity contribution in [2.75, 3.05) is 13.2 Å². The second kappa shape index (κ2) is 8.88. The van der Waals surface area contributed by atoms with Gasteiger partial charge in [0.25, 0.3) is 0 Å². The summed E-state index contributed by atoms with van der Waals surface area (Å²) in [6.07, 6.45) is 0. The van der Waals surface area contributed by atoms with Gasteiger partial charge in [0, 0.05) is 0 Å². The van der Waals surface area contributed by atoms with E-state index in [-0.39, 0.29) is 40.0 Å². The van der Waals surface area contributed by atoms with Crippen LogP contribution in [-0.2, 0) is 19.6 Å². The Labute approximate surface area is 161 Å². The van der Waals surface area contributed by atoms with Crippen molar-refractivity contribution in [3.8, 4) is 5.75 Å². The molecule has 0 aromatic heterocycles. The van der Waals surface area contributed by atoms with Crippen LogP contribution in [0.4, 0.5) is 0 Å². The average molecular weight is 413 g/mol. The van der Waals surface area contributed by atoms with E-state index in [0.29, 0.717) is 0 Å². The third-order valence-corrected chi connectivity index (χ3v) is 4.99. The molecule has 0 spiro atoms. The fraction of sp³-hybridized carbons (Fsp3) is 0.222. The third kappa shape index (κ3) is 5.21. The van der Waals surface area contributed by atoms with Crippen molar-refractivity contribution in [2.24, 2.45) is 0 Å². The molecule has 0 bridgehead atoms. The van der Waals surface area contributed by atoms with Crippen LogP contribution in [-0.4, -0.2) is 33.6 Å². The Kier molecular flexibility index (Phi) is 6.81. The monoisotopic (exact) mass is 412 g/mol. The molecule has 0 saturated carbocycles. The fourth-order valence-electron chi connectivity index (χ4n) is 2.13. The molecule has 2 rings (SSSR count). The van der Waals surface area contributed by atoms with E-state index < -0.39 is 22.1 Å². The first-order chi connectivity index (χ1) is 12.8. The van der Waals surface area contributed by atoms with E-state index in [0.717, 1.165) is 12.1 Å². The first-order valence-corrected chi connectivity index (χ1v) is 9.75. The molecule has 0 fully saturated rings. The van der Waals surface area contributed by atoms with Crippen molar-refractivity contribution in [1.82, 2.24) is 0 Å². The zero-order chi connectivity index (χ0) is 20.0.